The van der Waals surface area contributed by atoms with E-state index >= 15 is 0 Å². The van der Waals surface area contributed by atoms with Gasteiger partial charge in [-0.25, -0.2) is 9.79 Å². The average molecular weight is 354 g/mol. The van der Waals surface area contributed by atoms with Crippen LogP contribution in [0.5, 0.6) is 5.75 Å². The number of aromatic carboxylic acids is 1. The molecule has 1 heterocycles. The molecule has 0 atom stereocenters. The summed E-state index contributed by atoms with van der Waals surface area (Å²) < 4.78 is 5.15. The average Bonchev–Trinajstić information content (AvgIpc) is 2.94. The second-order valence-electron chi connectivity index (χ2n) is 5.11. The fraction of sp³-hybridized carbons (Fsp3) is 0.0556. The lowest BCUT2D eigenvalue weighted by molar-refractivity contribution is -0.115. The summed E-state index contributed by atoms with van der Waals surface area (Å²) in [6.07, 6.45) is 1.69. The number of hydrogen-bond donors (Lipinski definition) is 2. The minimum Gasteiger partial charge on any atom is -0.497 e. The molecule has 0 bridgehead atoms. The molecular weight excluding hydrogens is 340 g/mol. The number of hydrogen-bond acceptors (Lipinski definition) is 5. The molecule has 6 nitrogen and oxygen atoms in total. The number of carboxylic acid groups (broad SMARTS) is 1. The molecule has 0 aliphatic carbocycles. The van der Waals surface area contributed by atoms with E-state index in [1.165, 1.54) is 23.9 Å². The van der Waals surface area contributed by atoms with Crippen LogP contribution in [0, 0.1) is 0 Å². The van der Waals surface area contributed by atoms with Gasteiger partial charge in [-0.15, -0.1) is 0 Å². The molecule has 0 unspecified atom stereocenters. The van der Waals surface area contributed by atoms with E-state index in [1.54, 1.807) is 31.4 Å². The third-order valence-electron chi connectivity index (χ3n) is 3.39. The van der Waals surface area contributed by atoms with Crippen LogP contribution in [0.2, 0.25) is 0 Å². The predicted molar refractivity (Wildman–Crippen MR) is 97.2 cm³/mol. The van der Waals surface area contributed by atoms with Gasteiger partial charge in [0, 0.05) is 6.07 Å². The number of nitrogens with zero attached hydrogens (tertiary/aromatic N) is 1. The molecule has 7 heteroatoms. The molecule has 126 valence electrons. The summed E-state index contributed by atoms with van der Waals surface area (Å²) in [6.45, 7) is 0. The second-order valence-corrected chi connectivity index (χ2v) is 6.14. The lowest BCUT2D eigenvalue weighted by Gasteiger charge is -2.00. The molecule has 1 amide bonds. The first kappa shape index (κ1) is 16.8. The van der Waals surface area contributed by atoms with Gasteiger partial charge >= 0.3 is 5.97 Å². The number of ether oxygens (including phenoxy) is 1. The number of amidine groups is 1. The SMILES string of the molecule is COc1cccc(N=C2NC(=O)/C(=C\c3ccc(C(=O)O)cc3)S2)c1. The first-order valence-electron chi connectivity index (χ1n) is 7.32. The minimum absolute atomic E-state index is 0.200. The molecule has 2 aromatic carbocycles. The maximum atomic E-state index is 12.1. The van der Waals surface area contributed by atoms with E-state index in [1.807, 2.05) is 18.2 Å². The summed E-state index contributed by atoms with van der Waals surface area (Å²) in [4.78, 5) is 27.8. The Labute approximate surface area is 148 Å². The topological polar surface area (TPSA) is 88.0 Å². The molecule has 25 heavy (non-hydrogen) atoms. The monoisotopic (exact) mass is 354 g/mol. The minimum atomic E-state index is -0.986. The number of carboxylic acids is 1. The van der Waals surface area contributed by atoms with Gasteiger partial charge in [-0.3, -0.25) is 4.79 Å². The smallest absolute Gasteiger partial charge is 0.335 e. The number of aliphatic imine (C=N–C) groups is 1. The van der Waals surface area contributed by atoms with Crippen molar-refractivity contribution < 1.29 is 19.4 Å². The van der Waals surface area contributed by atoms with Gasteiger partial charge in [0.2, 0.25) is 0 Å². The van der Waals surface area contributed by atoms with E-state index in [9.17, 15) is 9.59 Å². The Hall–Kier alpha value is -3.06. The molecule has 0 spiro atoms. The van der Waals surface area contributed by atoms with Crippen molar-refractivity contribution in [3.63, 3.8) is 0 Å². The van der Waals surface area contributed by atoms with Crippen LogP contribution in [0.1, 0.15) is 15.9 Å². The van der Waals surface area contributed by atoms with Crippen molar-refractivity contribution in [2.45, 2.75) is 0 Å². The van der Waals surface area contributed by atoms with Gasteiger partial charge < -0.3 is 15.2 Å². The zero-order chi connectivity index (χ0) is 17.8. The van der Waals surface area contributed by atoms with Crippen molar-refractivity contribution in [2.75, 3.05) is 7.11 Å². The number of carbonyl (C=O) groups excluding carboxylic acids is 1. The van der Waals surface area contributed by atoms with Gasteiger partial charge in [-0.05, 0) is 47.7 Å². The fourth-order valence-corrected chi connectivity index (χ4v) is 2.99. The van der Waals surface area contributed by atoms with Gasteiger partial charge in [-0.2, -0.15) is 0 Å². The van der Waals surface area contributed by atoms with E-state index in [0.29, 0.717) is 21.5 Å². The molecule has 1 fully saturated rings. The summed E-state index contributed by atoms with van der Waals surface area (Å²) in [5, 5.41) is 12.1. The molecule has 2 aromatic rings. The van der Waals surface area contributed by atoms with E-state index in [-0.39, 0.29) is 11.5 Å². The van der Waals surface area contributed by atoms with Crippen LogP contribution in [-0.4, -0.2) is 29.3 Å². The Morgan fingerprint density at radius 1 is 1.24 bits per heavy atom. The van der Waals surface area contributed by atoms with Crippen molar-refractivity contribution in [1.29, 1.82) is 0 Å². The van der Waals surface area contributed by atoms with Gasteiger partial charge in [0.15, 0.2) is 5.17 Å². The lowest BCUT2D eigenvalue weighted by atomic mass is 10.1. The van der Waals surface area contributed by atoms with E-state index in [2.05, 4.69) is 10.3 Å². The van der Waals surface area contributed by atoms with Crippen LogP contribution in [0.3, 0.4) is 0 Å². The molecule has 1 saturated heterocycles. The van der Waals surface area contributed by atoms with Crippen molar-refractivity contribution in [3.8, 4) is 5.75 Å². The Bertz CT molecular complexity index is 888. The van der Waals surface area contributed by atoms with Crippen molar-refractivity contribution in [1.82, 2.24) is 5.32 Å². The maximum Gasteiger partial charge on any atom is 0.335 e. The zero-order valence-electron chi connectivity index (χ0n) is 13.2. The Kier molecular flexibility index (Phi) is 4.85. The second kappa shape index (κ2) is 7.23. The first-order valence-corrected chi connectivity index (χ1v) is 8.14. The summed E-state index contributed by atoms with van der Waals surface area (Å²) >= 11 is 1.23. The number of amides is 1. The summed E-state index contributed by atoms with van der Waals surface area (Å²) in [6, 6.07) is 13.5. The van der Waals surface area contributed by atoms with E-state index < -0.39 is 5.97 Å². The fourth-order valence-electron chi connectivity index (χ4n) is 2.15. The highest BCUT2D eigenvalue weighted by Crippen LogP contribution is 2.29. The van der Waals surface area contributed by atoms with E-state index in [4.69, 9.17) is 9.84 Å². The first-order chi connectivity index (χ1) is 12.0. The molecule has 3 rings (SSSR count). The quantitative estimate of drug-likeness (QED) is 0.823. The van der Waals surface area contributed by atoms with Gasteiger partial charge in [0.25, 0.3) is 5.91 Å². The summed E-state index contributed by atoms with van der Waals surface area (Å²) in [5.41, 5.74) is 1.62. The van der Waals surface area contributed by atoms with Crippen LogP contribution in [0.4, 0.5) is 5.69 Å². The normalized spacial score (nSPS) is 16.9. The third-order valence-corrected chi connectivity index (χ3v) is 4.30. The Balaban J connectivity index is 1.79. The number of thioether (sulfide) groups is 1. The summed E-state index contributed by atoms with van der Waals surface area (Å²) in [7, 11) is 1.58. The predicted octanol–water partition coefficient (Wildman–Crippen LogP) is 3.29. The highest BCUT2D eigenvalue weighted by Gasteiger charge is 2.23. The van der Waals surface area contributed by atoms with Crippen LogP contribution < -0.4 is 10.1 Å². The Morgan fingerprint density at radius 3 is 2.68 bits per heavy atom. The molecule has 0 aromatic heterocycles. The van der Waals surface area contributed by atoms with E-state index in [0.717, 1.165) is 5.56 Å². The van der Waals surface area contributed by atoms with Crippen molar-refractivity contribution in [2.24, 2.45) is 4.99 Å². The van der Waals surface area contributed by atoms with Crippen LogP contribution in [-0.2, 0) is 4.79 Å². The lowest BCUT2D eigenvalue weighted by Crippen LogP contribution is -2.19. The highest BCUT2D eigenvalue weighted by atomic mass is 32.2. The summed E-state index contributed by atoms with van der Waals surface area (Å²) in [5.74, 6) is -0.542. The standard InChI is InChI=1S/C18H14N2O4S/c1-24-14-4-2-3-13(10-14)19-18-20-16(21)15(25-18)9-11-5-7-12(8-6-11)17(22)23/h2-10H,1H3,(H,22,23)(H,19,20,21)/b15-9+. The Morgan fingerprint density at radius 2 is 2.00 bits per heavy atom. The van der Waals surface area contributed by atoms with Gasteiger partial charge in [0.05, 0.1) is 23.3 Å². The number of carbonyl (C=O) groups is 2. The molecule has 0 radical (unpaired) electrons. The van der Waals surface area contributed by atoms with Crippen LogP contribution in [0.25, 0.3) is 6.08 Å². The number of benzene rings is 2. The van der Waals surface area contributed by atoms with Crippen molar-refractivity contribution >= 4 is 40.6 Å². The number of nitrogens with one attached hydrogen (secondary N) is 1. The molecular formula is C18H14N2O4S. The largest absolute Gasteiger partial charge is 0.497 e. The molecule has 0 saturated carbocycles. The van der Waals surface area contributed by atoms with Gasteiger partial charge in [0.1, 0.15) is 5.75 Å². The molecule has 2 N–H and O–H groups in total. The molecule has 1 aliphatic heterocycles. The van der Waals surface area contributed by atoms with Crippen LogP contribution in [0.15, 0.2) is 58.4 Å². The third kappa shape index (κ3) is 4.07. The molecule has 1 aliphatic rings. The van der Waals surface area contributed by atoms with Gasteiger partial charge in [-0.1, -0.05) is 18.2 Å². The number of rotatable bonds is 4. The number of methoxy groups -OCH3 is 1. The zero-order valence-corrected chi connectivity index (χ0v) is 14.0. The van der Waals surface area contributed by atoms with Crippen molar-refractivity contribution in [3.05, 3.63) is 64.6 Å². The van der Waals surface area contributed by atoms with Crippen LogP contribution >= 0.6 is 11.8 Å². The maximum absolute atomic E-state index is 12.1. The highest BCUT2D eigenvalue weighted by molar-refractivity contribution is 8.18.